The Morgan fingerprint density at radius 3 is 2.74 bits per heavy atom. The highest BCUT2D eigenvalue weighted by Gasteiger charge is 2.49. The van der Waals surface area contributed by atoms with Gasteiger partial charge in [0.2, 0.25) is 5.91 Å². The van der Waals surface area contributed by atoms with Crippen LogP contribution in [-0.4, -0.2) is 125 Å². The molecule has 0 N–H and O–H groups in total. The summed E-state index contributed by atoms with van der Waals surface area (Å²) in [5.41, 5.74) is -0.851. The van der Waals surface area contributed by atoms with Crippen molar-refractivity contribution in [3.8, 4) is 23.3 Å². The first-order valence-corrected chi connectivity index (χ1v) is 18.4. The van der Waals surface area contributed by atoms with E-state index in [1.165, 1.54) is 18.3 Å². The monoisotopic (exact) mass is 744 g/mol. The van der Waals surface area contributed by atoms with Crippen LogP contribution in [0.2, 0.25) is 0 Å². The molecule has 0 aliphatic carbocycles. The number of ether oxygens (including phenoxy) is 2. The fourth-order valence-corrected chi connectivity index (χ4v) is 8.47. The number of anilines is 1. The molecule has 4 fully saturated rings. The molecule has 4 aliphatic rings. The molecular formula is C39H40F4N8O3. The zero-order chi connectivity index (χ0) is 37.4. The topological polar surface area (TPSA) is 111 Å². The quantitative estimate of drug-likeness (QED) is 0.171. The summed E-state index contributed by atoms with van der Waals surface area (Å²) in [7, 11) is 0. The van der Waals surface area contributed by atoms with Crippen molar-refractivity contribution >= 4 is 33.4 Å². The van der Waals surface area contributed by atoms with Crippen molar-refractivity contribution in [2.75, 3.05) is 77.1 Å². The molecule has 4 aliphatic heterocycles. The second kappa shape index (κ2) is 15.1. The first-order valence-electron chi connectivity index (χ1n) is 18.4. The fourth-order valence-electron chi connectivity index (χ4n) is 8.47. The number of carbonyl (C=O) groups is 1. The highest BCUT2D eigenvalue weighted by molar-refractivity contribution is 5.99. The number of amides is 1. The van der Waals surface area contributed by atoms with Crippen molar-refractivity contribution in [3.63, 3.8) is 0 Å². The van der Waals surface area contributed by atoms with Gasteiger partial charge in [-0.25, -0.2) is 17.6 Å². The minimum absolute atomic E-state index is 0.0502. The second-order valence-corrected chi connectivity index (χ2v) is 14.5. The van der Waals surface area contributed by atoms with Gasteiger partial charge in [-0.15, -0.1) is 0 Å². The lowest BCUT2D eigenvalue weighted by molar-refractivity contribution is -0.128. The number of pyridine rings is 1. The summed E-state index contributed by atoms with van der Waals surface area (Å²) < 4.78 is 72.7. The zero-order valence-corrected chi connectivity index (χ0v) is 29.7. The third kappa shape index (κ3) is 6.82. The van der Waals surface area contributed by atoms with Crippen molar-refractivity contribution in [1.82, 2.24) is 29.7 Å². The van der Waals surface area contributed by atoms with Gasteiger partial charge in [0.05, 0.1) is 42.7 Å². The molecule has 0 radical (unpaired) electrons. The van der Waals surface area contributed by atoms with E-state index in [0.717, 1.165) is 38.5 Å². The number of carbonyl (C=O) groups excluding carboxylic acids is 1. The van der Waals surface area contributed by atoms with Gasteiger partial charge < -0.3 is 19.3 Å². The molecule has 0 saturated carbocycles. The van der Waals surface area contributed by atoms with Gasteiger partial charge in [-0.2, -0.15) is 15.2 Å². The van der Waals surface area contributed by atoms with Gasteiger partial charge in [-0.05, 0) is 30.8 Å². The molecule has 8 rings (SSSR count). The van der Waals surface area contributed by atoms with Crippen LogP contribution in [0.15, 0.2) is 48.7 Å². The molecule has 3 atom stereocenters. The number of nitrogens with zero attached hydrogens (tertiary/aromatic N) is 8. The molecule has 1 amide bonds. The minimum atomic E-state index is -1.12. The Morgan fingerprint density at radius 2 is 1.91 bits per heavy atom. The predicted octanol–water partition coefficient (Wildman–Crippen LogP) is 5.04. The molecule has 2 aromatic heterocycles. The number of piperazine rings is 1. The summed E-state index contributed by atoms with van der Waals surface area (Å²) in [4.78, 5) is 34.9. The van der Waals surface area contributed by atoms with Crippen molar-refractivity contribution in [1.29, 1.82) is 5.26 Å². The number of nitriles is 1. The average molecular weight is 745 g/mol. The Hall–Kier alpha value is -4.91. The SMILES string of the molecule is N#CC[C@H]1CN(c2nc(OC[C@@]34CCCN3C[C@H](F)C4)nc3c(F)c(-c4cccc5ccc(F)c(F)c45)ncc23)CCN1C(=O)/C=C/CN1CCOCC1. The molecule has 4 saturated heterocycles. The molecule has 2 aromatic carbocycles. The number of halogens is 4. The third-order valence-corrected chi connectivity index (χ3v) is 11.2. The number of fused-ring (bicyclic) bond motifs is 3. The summed E-state index contributed by atoms with van der Waals surface area (Å²) in [6.45, 7) is 5.44. The van der Waals surface area contributed by atoms with Crippen molar-refractivity contribution in [2.24, 2.45) is 0 Å². The van der Waals surface area contributed by atoms with E-state index < -0.39 is 35.2 Å². The van der Waals surface area contributed by atoms with Crippen molar-refractivity contribution < 1.29 is 31.8 Å². The normalized spacial score (nSPS) is 23.8. The van der Waals surface area contributed by atoms with Crippen LogP contribution in [0, 0.1) is 28.8 Å². The van der Waals surface area contributed by atoms with Gasteiger partial charge in [-0.3, -0.25) is 19.6 Å². The Morgan fingerprint density at radius 1 is 1.06 bits per heavy atom. The highest BCUT2D eigenvalue weighted by Crippen LogP contribution is 2.41. The van der Waals surface area contributed by atoms with E-state index in [1.807, 2.05) is 11.0 Å². The maximum atomic E-state index is 16.9. The number of benzene rings is 2. The van der Waals surface area contributed by atoms with Crippen LogP contribution in [-0.2, 0) is 9.53 Å². The highest BCUT2D eigenvalue weighted by atomic mass is 19.2. The van der Waals surface area contributed by atoms with Crippen LogP contribution in [0.5, 0.6) is 6.01 Å². The summed E-state index contributed by atoms with van der Waals surface area (Å²) >= 11 is 0. The zero-order valence-electron chi connectivity index (χ0n) is 29.7. The maximum Gasteiger partial charge on any atom is 0.319 e. The molecule has 4 aromatic rings. The van der Waals surface area contributed by atoms with E-state index in [-0.39, 0.29) is 71.4 Å². The van der Waals surface area contributed by atoms with Gasteiger partial charge in [0, 0.05) is 75.5 Å². The van der Waals surface area contributed by atoms with E-state index in [2.05, 4.69) is 25.8 Å². The number of hydrogen-bond donors (Lipinski definition) is 0. The Bertz CT molecular complexity index is 2140. The summed E-state index contributed by atoms with van der Waals surface area (Å²) in [5, 5.41) is 10.3. The lowest BCUT2D eigenvalue weighted by atomic mass is 9.95. The van der Waals surface area contributed by atoms with Crippen LogP contribution in [0.4, 0.5) is 23.4 Å². The van der Waals surface area contributed by atoms with Crippen LogP contribution >= 0.6 is 0 Å². The molecule has 11 nitrogen and oxygen atoms in total. The first-order chi connectivity index (χ1) is 26.2. The van der Waals surface area contributed by atoms with Crippen LogP contribution in [0.25, 0.3) is 32.9 Å². The smallest absolute Gasteiger partial charge is 0.319 e. The Kier molecular flexibility index (Phi) is 10.1. The minimum Gasteiger partial charge on any atom is -0.461 e. The Labute approximate surface area is 309 Å². The lowest BCUT2D eigenvalue weighted by Crippen LogP contribution is -2.55. The van der Waals surface area contributed by atoms with Crippen molar-refractivity contribution in [2.45, 2.75) is 43.4 Å². The molecule has 54 heavy (non-hydrogen) atoms. The number of alkyl halides is 1. The number of morpholine rings is 1. The largest absolute Gasteiger partial charge is 0.461 e. The van der Waals surface area contributed by atoms with Crippen LogP contribution < -0.4 is 9.64 Å². The van der Waals surface area contributed by atoms with E-state index in [9.17, 15) is 18.8 Å². The average Bonchev–Trinajstić information content (AvgIpc) is 3.71. The predicted molar refractivity (Wildman–Crippen MR) is 193 cm³/mol. The molecule has 15 heteroatoms. The van der Waals surface area contributed by atoms with E-state index in [4.69, 9.17) is 14.5 Å². The van der Waals surface area contributed by atoms with Gasteiger partial charge in [-0.1, -0.05) is 30.3 Å². The molecular weight excluding hydrogens is 704 g/mol. The molecule has 0 unspecified atom stereocenters. The van der Waals surface area contributed by atoms with E-state index in [0.29, 0.717) is 44.7 Å². The van der Waals surface area contributed by atoms with Gasteiger partial charge in [0.1, 0.15) is 29.8 Å². The van der Waals surface area contributed by atoms with Crippen molar-refractivity contribution in [3.05, 3.63) is 66.1 Å². The van der Waals surface area contributed by atoms with Gasteiger partial charge >= 0.3 is 6.01 Å². The summed E-state index contributed by atoms with van der Waals surface area (Å²) in [5.74, 6) is -2.99. The molecule has 0 spiro atoms. The fraction of sp³-hybridized carbons (Fsp3) is 0.462. The summed E-state index contributed by atoms with van der Waals surface area (Å²) in [6, 6.07) is 8.68. The molecule has 282 valence electrons. The van der Waals surface area contributed by atoms with Gasteiger partial charge in [0.15, 0.2) is 17.5 Å². The first kappa shape index (κ1) is 36.1. The molecule has 0 bridgehead atoms. The lowest BCUT2D eigenvalue weighted by Gasteiger charge is -2.41. The van der Waals surface area contributed by atoms with Crippen LogP contribution in [0.1, 0.15) is 25.7 Å². The maximum absolute atomic E-state index is 16.9. The van der Waals surface area contributed by atoms with E-state index >= 15 is 8.78 Å². The van der Waals surface area contributed by atoms with Crippen LogP contribution in [0.3, 0.4) is 0 Å². The standard InChI is InChI=1S/C39H40F4N8O3/c40-26-20-39(10-3-13-50(39)22-26)24-54-38-46-36-29(21-45-35(34(36)43)28-5-1-4-25-7-8-30(41)33(42)32(25)28)37(47-38)49-14-15-51(27(23-49)9-11-44)31(52)6-2-12-48-16-18-53-19-17-48/h1-2,4-8,21,26-27H,3,9-10,12-20,22-24H2/b6-2+/t26-,27+,39+/m1/s1. The number of hydrogen-bond acceptors (Lipinski definition) is 10. The van der Waals surface area contributed by atoms with E-state index in [1.54, 1.807) is 23.1 Å². The second-order valence-electron chi connectivity index (χ2n) is 14.5. The summed E-state index contributed by atoms with van der Waals surface area (Å²) in [6.07, 6.45) is 5.79. The number of rotatable bonds is 9. The number of aromatic nitrogens is 3. The molecule has 6 heterocycles. The third-order valence-electron chi connectivity index (χ3n) is 11.2. The van der Waals surface area contributed by atoms with Gasteiger partial charge in [0.25, 0.3) is 0 Å². The Balaban J connectivity index is 1.14.